The van der Waals surface area contributed by atoms with Gasteiger partial charge < -0.3 is 10.5 Å². The summed E-state index contributed by atoms with van der Waals surface area (Å²) in [6.45, 7) is 9.68. The van der Waals surface area contributed by atoms with Gasteiger partial charge in [-0.15, -0.1) is 0 Å². The molecule has 2 aliphatic heterocycles. The minimum absolute atomic E-state index is 0.228. The second-order valence-electron chi connectivity index (χ2n) is 7.24. The van der Waals surface area contributed by atoms with E-state index < -0.39 is 0 Å². The number of rotatable bonds is 5. The monoisotopic (exact) mass is 281 g/mol. The van der Waals surface area contributed by atoms with Crippen molar-refractivity contribution in [1.29, 1.82) is 0 Å². The van der Waals surface area contributed by atoms with E-state index in [0.717, 1.165) is 44.8 Å². The van der Waals surface area contributed by atoms with Crippen LogP contribution in [0, 0.1) is 5.92 Å². The first kappa shape index (κ1) is 14.8. The molecule has 0 spiro atoms. The van der Waals surface area contributed by atoms with Crippen molar-refractivity contribution < 1.29 is 4.74 Å². The van der Waals surface area contributed by atoms with Crippen LogP contribution in [0.4, 0.5) is 0 Å². The molecule has 2 atom stereocenters. The number of likely N-dealkylation sites (tertiary alicyclic amines) is 1. The van der Waals surface area contributed by atoms with E-state index in [1.807, 2.05) is 0 Å². The van der Waals surface area contributed by atoms with Gasteiger partial charge in [0.25, 0.3) is 0 Å². The van der Waals surface area contributed by atoms with Gasteiger partial charge in [-0.3, -0.25) is 9.80 Å². The van der Waals surface area contributed by atoms with E-state index in [9.17, 15) is 0 Å². The zero-order chi connectivity index (χ0) is 14.0. The Bertz CT molecular complexity index is 315. The molecule has 1 aliphatic carbocycles. The van der Waals surface area contributed by atoms with Crippen LogP contribution in [0.15, 0.2) is 0 Å². The van der Waals surface area contributed by atoms with Crippen LogP contribution < -0.4 is 5.73 Å². The lowest BCUT2D eigenvalue weighted by molar-refractivity contribution is 0.0135. The molecule has 4 heteroatoms. The standard InChI is InChI=1S/C16H31N3O/c1-16(13-17,11-14-3-2-4-14)19-6-5-15(12-19)18-7-9-20-10-8-18/h14-15H,2-13,17H2,1H3. The van der Waals surface area contributed by atoms with Gasteiger partial charge in [0, 0.05) is 44.3 Å². The fourth-order valence-corrected chi connectivity index (χ4v) is 4.13. The van der Waals surface area contributed by atoms with Crippen molar-refractivity contribution in [2.24, 2.45) is 11.7 Å². The Kier molecular flexibility index (Phi) is 4.65. The lowest BCUT2D eigenvalue weighted by Crippen LogP contribution is -2.53. The molecule has 2 unspecified atom stereocenters. The first-order valence-electron chi connectivity index (χ1n) is 8.48. The SMILES string of the molecule is CC(CN)(CC1CCC1)N1CCC(N2CCOCC2)C1. The van der Waals surface area contributed by atoms with Crippen LogP contribution in [0.5, 0.6) is 0 Å². The summed E-state index contributed by atoms with van der Waals surface area (Å²) >= 11 is 0. The topological polar surface area (TPSA) is 41.7 Å². The molecule has 116 valence electrons. The van der Waals surface area contributed by atoms with Gasteiger partial charge in [0.1, 0.15) is 0 Å². The van der Waals surface area contributed by atoms with E-state index in [4.69, 9.17) is 10.5 Å². The highest BCUT2D eigenvalue weighted by Gasteiger charge is 2.40. The summed E-state index contributed by atoms with van der Waals surface area (Å²) in [5.74, 6) is 0.936. The lowest BCUT2D eigenvalue weighted by atomic mass is 9.76. The third-order valence-corrected chi connectivity index (χ3v) is 5.88. The van der Waals surface area contributed by atoms with Gasteiger partial charge >= 0.3 is 0 Å². The van der Waals surface area contributed by atoms with Crippen molar-refractivity contribution in [2.75, 3.05) is 45.9 Å². The van der Waals surface area contributed by atoms with Crippen LogP contribution in [0.3, 0.4) is 0 Å². The molecule has 3 fully saturated rings. The maximum absolute atomic E-state index is 6.16. The van der Waals surface area contributed by atoms with Gasteiger partial charge in [0.05, 0.1) is 13.2 Å². The first-order chi connectivity index (χ1) is 9.71. The summed E-state index contributed by atoms with van der Waals surface area (Å²) in [5.41, 5.74) is 6.39. The number of morpholine rings is 1. The molecule has 20 heavy (non-hydrogen) atoms. The molecule has 2 N–H and O–H groups in total. The van der Waals surface area contributed by atoms with Crippen LogP contribution in [-0.2, 0) is 4.74 Å². The molecule has 0 aromatic carbocycles. The Morgan fingerprint density at radius 3 is 2.50 bits per heavy atom. The quantitative estimate of drug-likeness (QED) is 0.825. The van der Waals surface area contributed by atoms with E-state index >= 15 is 0 Å². The Morgan fingerprint density at radius 2 is 1.90 bits per heavy atom. The lowest BCUT2D eigenvalue weighted by Gasteiger charge is -2.43. The minimum atomic E-state index is 0.228. The molecule has 0 bridgehead atoms. The summed E-state index contributed by atoms with van der Waals surface area (Å²) in [6, 6.07) is 0.728. The van der Waals surface area contributed by atoms with Crippen molar-refractivity contribution in [3.05, 3.63) is 0 Å². The number of nitrogens with two attached hydrogens (primary N) is 1. The van der Waals surface area contributed by atoms with Crippen LogP contribution in [-0.4, -0.2) is 67.3 Å². The van der Waals surface area contributed by atoms with Gasteiger partial charge in [-0.2, -0.15) is 0 Å². The predicted molar refractivity (Wildman–Crippen MR) is 81.8 cm³/mol. The minimum Gasteiger partial charge on any atom is -0.379 e. The van der Waals surface area contributed by atoms with Crippen LogP contribution in [0.25, 0.3) is 0 Å². The van der Waals surface area contributed by atoms with Crippen LogP contribution >= 0.6 is 0 Å². The maximum Gasteiger partial charge on any atom is 0.0594 e. The molecule has 0 aromatic heterocycles. The van der Waals surface area contributed by atoms with Crippen LogP contribution in [0.2, 0.25) is 0 Å². The Hall–Kier alpha value is -0.160. The Morgan fingerprint density at radius 1 is 1.15 bits per heavy atom. The summed E-state index contributed by atoms with van der Waals surface area (Å²) in [6.07, 6.45) is 6.90. The number of nitrogens with zero attached hydrogens (tertiary/aromatic N) is 2. The van der Waals surface area contributed by atoms with Crippen molar-refractivity contribution >= 4 is 0 Å². The maximum atomic E-state index is 6.16. The molecular formula is C16H31N3O. The van der Waals surface area contributed by atoms with E-state index in [-0.39, 0.29) is 5.54 Å². The Labute approximate surface area is 123 Å². The van der Waals surface area contributed by atoms with E-state index in [1.54, 1.807) is 0 Å². The second kappa shape index (κ2) is 6.30. The van der Waals surface area contributed by atoms with Gasteiger partial charge in [-0.1, -0.05) is 19.3 Å². The fraction of sp³-hybridized carbons (Fsp3) is 1.00. The smallest absolute Gasteiger partial charge is 0.0594 e. The normalized spacial score (nSPS) is 33.0. The van der Waals surface area contributed by atoms with Gasteiger partial charge in [-0.25, -0.2) is 0 Å². The third kappa shape index (κ3) is 3.03. The highest BCUT2D eigenvalue weighted by atomic mass is 16.5. The number of ether oxygens (including phenoxy) is 1. The summed E-state index contributed by atoms with van der Waals surface area (Å²) in [7, 11) is 0. The molecule has 2 saturated heterocycles. The third-order valence-electron chi connectivity index (χ3n) is 5.88. The molecule has 3 aliphatic rings. The van der Waals surface area contributed by atoms with Crippen molar-refractivity contribution in [2.45, 2.75) is 50.6 Å². The summed E-state index contributed by atoms with van der Waals surface area (Å²) in [4.78, 5) is 5.31. The van der Waals surface area contributed by atoms with E-state index in [2.05, 4.69) is 16.7 Å². The van der Waals surface area contributed by atoms with Crippen molar-refractivity contribution in [3.63, 3.8) is 0 Å². The zero-order valence-electron chi connectivity index (χ0n) is 13.0. The molecule has 0 radical (unpaired) electrons. The molecule has 4 nitrogen and oxygen atoms in total. The molecule has 1 saturated carbocycles. The molecule has 2 heterocycles. The molecular weight excluding hydrogens is 250 g/mol. The number of hydrogen-bond donors (Lipinski definition) is 1. The average Bonchev–Trinajstić information content (AvgIpc) is 2.94. The molecule has 3 rings (SSSR count). The van der Waals surface area contributed by atoms with Crippen LogP contribution in [0.1, 0.15) is 39.0 Å². The van der Waals surface area contributed by atoms with E-state index in [1.165, 1.54) is 45.2 Å². The van der Waals surface area contributed by atoms with Gasteiger partial charge in [-0.05, 0) is 25.7 Å². The summed E-state index contributed by atoms with van der Waals surface area (Å²) in [5, 5.41) is 0. The zero-order valence-corrected chi connectivity index (χ0v) is 13.0. The predicted octanol–water partition coefficient (Wildman–Crippen LogP) is 1.30. The van der Waals surface area contributed by atoms with Gasteiger partial charge in [0.15, 0.2) is 0 Å². The number of hydrogen-bond acceptors (Lipinski definition) is 4. The van der Waals surface area contributed by atoms with Crippen molar-refractivity contribution in [1.82, 2.24) is 9.80 Å². The Balaban J connectivity index is 1.56. The molecule has 0 aromatic rings. The summed E-state index contributed by atoms with van der Waals surface area (Å²) < 4.78 is 5.47. The van der Waals surface area contributed by atoms with Gasteiger partial charge in [0.2, 0.25) is 0 Å². The van der Waals surface area contributed by atoms with Crippen molar-refractivity contribution in [3.8, 4) is 0 Å². The largest absolute Gasteiger partial charge is 0.379 e. The van der Waals surface area contributed by atoms with E-state index in [0.29, 0.717) is 0 Å². The second-order valence-corrected chi connectivity index (χ2v) is 7.24. The molecule has 0 amide bonds. The highest BCUT2D eigenvalue weighted by Crippen LogP contribution is 2.37. The fourth-order valence-electron chi connectivity index (χ4n) is 4.13. The first-order valence-corrected chi connectivity index (χ1v) is 8.48. The average molecular weight is 281 g/mol. The highest BCUT2D eigenvalue weighted by molar-refractivity contribution is 4.97.